The van der Waals surface area contributed by atoms with Gasteiger partial charge in [0, 0.05) is 30.0 Å². The van der Waals surface area contributed by atoms with E-state index in [1.54, 1.807) is 0 Å². The van der Waals surface area contributed by atoms with Crippen molar-refractivity contribution >= 4 is 27.3 Å². The number of benzene rings is 1. The number of nitrogens with one attached hydrogen (secondary N) is 1. The van der Waals surface area contributed by atoms with Crippen molar-refractivity contribution in [3.8, 4) is 0 Å². The van der Waals surface area contributed by atoms with Crippen LogP contribution in [-0.2, 0) is 9.84 Å². The second kappa shape index (κ2) is 7.00. The van der Waals surface area contributed by atoms with Gasteiger partial charge in [-0.15, -0.1) is 0 Å². The lowest BCUT2D eigenvalue weighted by Gasteiger charge is -2.28. The molecule has 3 rings (SSSR count). The Hall–Kier alpha value is -2.15. The summed E-state index contributed by atoms with van der Waals surface area (Å²) >= 11 is 0. The van der Waals surface area contributed by atoms with Crippen molar-refractivity contribution in [1.29, 1.82) is 0 Å². The molecule has 1 unspecified atom stereocenters. The molecule has 1 fully saturated rings. The summed E-state index contributed by atoms with van der Waals surface area (Å²) in [5.41, 5.74) is 2.96. The van der Waals surface area contributed by atoms with Crippen molar-refractivity contribution in [3.05, 3.63) is 41.6 Å². The molecule has 0 saturated carbocycles. The van der Waals surface area contributed by atoms with Crippen molar-refractivity contribution < 1.29 is 8.42 Å². The number of hydrogen-bond acceptors (Lipinski definition) is 6. The second-order valence-electron chi connectivity index (χ2n) is 6.53. The molecule has 2 aromatic rings. The zero-order chi connectivity index (χ0) is 18.0. The first-order valence-electron chi connectivity index (χ1n) is 8.53. The second-order valence-corrected chi connectivity index (χ2v) is 8.75. The largest absolute Gasteiger partial charge is 0.353 e. The molecule has 134 valence electrons. The summed E-state index contributed by atoms with van der Waals surface area (Å²) in [6.45, 7) is 6.70. The summed E-state index contributed by atoms with van der Waals surface area (Å²) in [7, 11) is -2.93. The van der Waals surface area contributed by atoms with Gasteiger partial charge in [-0.1, -0.05) is 17.7 Å². The first kappa shape index (κ1) is 17.7. The van der Waals surface area contributed by atoms with Gasteiger partial charge in [-0.25, -0.2) is 13.4 Å². The molecular weight excluding hydrogens is 336 g/mol. The SMILES string of the molecule is CCN(c1cc(C)nc(Nc2ccc(C)cc2)n1)C1CCS(=O)(=O)C1. The molecule has 0 spiro atoms. The predicted molar refractivity (Wildman–Crippen MR) is 101 cm³/mol. The van der Waals surface area contributed by atoms with Gasteiger partial charge in [0.1, 0.15) is 5.82 Å². The van der Waals surface area contributed by atoms with Gasteiger partial charge in [-0.3, -0.25) is 0 Å². The van der Waals surface area contributed by atoms with E-state index < -0.39 is 9.84 Å². The van der Waals surface area contributed by atoms with Gasteiger partial charge in [0.2, 0.25) is 5.95 Å². The van der Waals surface area contributed by atoms with E-state index >= 15 is 0 Å². The zero-order valence-electron chi connectivity index (χ0n) is 14.9. The monoisotopic (exact) mass is 360 g/mol. The fourth-order valence-corrected chi connectivity index (χ4v) is 4.88. The van der Waals surface area contributed by atoms with Gasteiger partial charge in [-0.05, 0) is 39.3 Å². The predicted octanol–water partition coefficient (Wildman–Crippen LogP) is 2.85. The first-order valence-corrected chi connectivity index (χ1v) is 10.3. The van der Waals surface area contributed by atoms with Gasteiger partial charge >= 0.3 is 0 Å². The number of aryl methyl sites for hydroxylation is 2. The highest BCUT2D eigenvalue weighted by Gasteiger charge is 2.32. The number of sulfone groups is 1. The standard InChI is InChI=1S/C18H24N4O2S/c1-4-22(16-9-10-25(23,24)12-16)17-11-14(3)19-18(21-17)20-15-7-5-13(2)6-8-15/h5-8,11,16H,4,9-10,12H2,1-3H3,(H,19,20,21). The van der Waals surface area contributed by atoms with E-state index in [0.29, 0.717) is 18.9 Å². The van der Waals surface area contributed by atoms with Crippen LogP contribution in [0.2, 0.25) is 0 Å². The topological polar surface area (TPSA) is 75.2 Å². The van der Waals surface area contributed by atoms with Crippen LogP contribution in [0.3, 0.4) is 0 Å². The van der Waals surface area contributed by atoms with Crippen LogP contribution in [0.4, 0.5) is 17.5 Å². The molecular formula is C18H24N4O2S. The minimum absolute atomic E-state index is 0.0171. The van der Waals surface area contributed by atoms with E-state index in [1.807, 2.05) is 51.1 Å². The third kappa shape index (κ3) is 4.28. The van der Waals surface area contributed by atoms with Crippen molar-refractivity contribution in [2.75, 3.05) is 28.3 Å². The Morgan fingerprint density at radius 2 is 1.92 bits per heavy atom. The Kier molecular flexibility index (Phi) is 4.94. The maximum Gasteiger partial charge on any atom is 0.229 e. The molecule has 1 saturated heterocycles. The molecule has 1 aromatic carbocycles. The fourth-order valence-electron chi connectivity index (χ4n) is 3.15. The maximum absolute atomic E-state index is 11.8. The molecule has 7 heteroatoms. The van der Waals surface area contributed by atoms with E-state index in [2.05, 4.69) is 20.2 Å². The number of rotatable bonds is 5. The number of aromatic nitrogens is 2. The lowest BCUT2D eigenvalue weighted by atomic mass is 10.2. The minimum Gasteiger partial charge on any atom is -0.353 e. The maximum atomic E-state index is 11.8. The van der Waals surface area contributed by atoms with Crippen molar-refractivity contribution in [1.82, 2.24) is 9.97 Å². The summed E-state index contributed by atoms with van der Waals surface area (Å²) in [6, 6.07) is 9.93. The highest BCUT2D eigenvalue weighted by molar-refractivity contribution is 7.91. The van der Waals surface area contributed by atoms with E-state index in [1.165, 1.54) is 5.56 Å². The number of anilines is 3. The molecule has 0 bridgehead atoms. The highest BCUT2D eigenvalue weighted by atomic mass is 32.2. The van der Waals surface area contributed by atoms with Gasteiger partial charge in [0.05, 0.1) is 11.5 Å². The molecule has 1 aliphatic rings. The average Bonchev–Trinajstić information content (AvgIpc) is 2.90. The molecule has 0 amide bonds. The Morgan fingerprint density at radius 3 is 2.52 bits per heavy atom. The van der Waals surface area contributed by atoms with Gasteiger partial charge in [-0.2, -0.15) is 4.98 Å². The van der Waals surface area contributed by atoms with Gasteiger partial charge in [0.15, 0.2) is 9.84 Å². The first-order chi connectivity index (χ1) is 11.9. The Bertz CT molecular complexity index is 850. The average molecular weight is 360 g/mol. The van der Waals surface area contributed by atoms with Gasteiger partial charge < -0.3 is 10.2 Å². The third-order valence-electron chi connectivity index (χ3n) is 4.43. The minimum atomic E-state index is -2.93. The van der Waals surface area contributed by atoms with Crippen LogP contribution in [0.1, 0.15) is 24.6 Å². The van der Waals surface area contributed by atoms with E-state index in [9.17, 15) is 8.42 Å². The molecule has 1 aromatic heterocycles. The van der Waals surface area contributed by atoms with E-state index in [0.717, 1.165) is 17.2 Å². The molecule has 1 N–H and O–H groups in total. The normalized spacial score (nSPS) is 18.9. The number of nitrogens with zero attached hydrogens (tertiary/aromatic N) is 3. The lowest BCUT2D eigenvalue weighted by molar-refractivity contribution is 0.599. The molecule has 1 atom stereocenters. The summed E-state index contributed by atoms with van der Waals surface area (Å²) in [6.07, 6.45) is 0.653. The highest BCUT2D eigenvalue weighted by Crippen LogP contribution is 2.25. The summed E-state index contributed by atoms with van der Waals surface area (Å²) in [4.78, 5) is 11.1. The molecule has 6 nitrogen and oxygen atoms in total. The molecule has 1 aliphatic heterocycles. The molecule has 25 heavy (non-hydrogen) atoms. The Labute approximate surface area is 149 Å². The van der Waals surface area contributed by atoms with Crippen LogP contribution >= 0.6 is 0 Å². The van der Waals surface area contributed by atoms with Crippen LogP contribution in [0.15, 0.2) is 30.3 Å². The van der Waals surface area contributed by atoms with Crippen LogP contribution < -0.4 is 10.2 Å². The Balaban J connectivity index is 1.86. The smallest absolute Gasteiger partial charge is 0.229 e. The van der Waals surface area contributed by atoms with Crippen molar-refractivity contribution in [2.45, 2.75) is 33.2 Å². The van der Waals surface area contributed by atoms with Crippen LogP contribution in [0, 0.1) is 13.8 Å². The third-order valence-corrected chi connectivity index (χ3v) is 6.18. The van der Waals surface area contributed by atoms with Crippen LogP contribution in [0.25, 0.3) is 0 Å². The number of hydrogen-bond donors (Lipinski definition) is 1. The quantitative estimate of drug-likeness (QED) is 0.884. The summed E-state index contributed by atoms with van der Waals surface area (Å²) < 4.78 is 23.6. The summed E-state index contributed by atoms with van der Waals surface area (Å²) in [5.74, 6) is 1.75. The van der Waals surface area contributed by atoms with Gasteiger partial charge in [0.25, 0.3) is 0 Å². The molecule has 0 aliphatic carbocycles. The van der Waals surface area contributed by atoms with Crippen LogP contribution in [0.5, 0.6) is 0 Å². The van der Waals surface area contributed by atoms with Crippen LogP contribution in [-0.4, -0.2) is 42.5 Å². The zero-order valence-corrected chi connectivity index (χ0v) is 15.7. The Morgan fingerprint density at radius 1 is 1.20 bits per heavy atom. The summed E-state index contributed by atoms with van der Waals surface area (Å²) in [5, 5.41) is 3.23. The van der Waals surface area contributed by atoms with Crippen molar-refractivity contribution in [2.24, 2.45) is 0 Å². The van der Waals surface area contributed by atoms with E-state index in [-0.39, 0.29) is 17.5 Å². The fraction of sp³-hybridized carbons (Fsp3) is 0.444. The molecule has 2 heterocycles. The van der Waals surface area contributed by atoms with Crippen molar-refractivity contribution in [3.63, 3.8) is 0 Å². The molecule has 0 radical (unpaired) electrons. The van der Waals surface area contributed by atoms with E-state index in [4.69, 9.17) is 0 Å². The lowest BCUT2D eigenvalue weighted by Crippen LogP contribution is -2.36.